The van der Waals surface area contributed by atoms with E-state index < -0.39 is 25.0 Å². The lowest BCUT2D eigenvalue weighted by molar-refractivity contribution is -0.0901. The van der Waals surface area contributed by atoms with Gasteiger partial charge in [0.25, 0.3) is 0 Å². The molecule has 46 heavy (non-hydrogen) atoms. The zero-order valence-electron chi connectivity index (χ0n) is 33.7. The molecule has 0 amide bonds. The zero-order valence-corrected chi connectivity index (χ0v) is 38.8. The van der Waals surface area contributed by atoms with Crippen LogP contribution in [0.5, 0.6) is 0 Å². The predicted molar refractivity (Wildman–Crippen MR) is 218 cm³/mol. The van der Waals surface area contributed by atoms with Crippen LogP contribution in [0.3, 0.4) is 0 Å². The smallest absolute Gasteiger partial charge is 0.192 e. The summed E-state index contributed by atoms with van der Waals surface area (Å²) in [6.07, 6.45) is 8.96. The van der Waals surface area contributed by atoms with Gasteiger partial charge in [-0.05, 0) is 97.9 Å². The average Bonchev–Trinajstić information content (AvgIpc) is 2.94. The first kappa shape index (κ1) is 46.9. The molecule has 0 bridgehead atoms. The largest absolute Gasteiger partial charge is 0.414 e. The third kappa shape index (κ3) is 15.9. The summed E-state index contributed by atoms with van der Waals surface area (Å²) in [6, 6.07) is 3.55. The number of halogens is 1. The van der Waals surface area contributed by atoms with Gasteiger partial charge in [0.1, 0.15) is 6.79 Å². The molecule has 0 saturated heterocycles. The fourth-order valence-electron chi connectivity index (χ4n) is 5.60. The normalized spacial score (nSPS) is 17.6. The first-order chi connectivity index (χ1) is 21.1. The molecule has 0 spiro atoms. The molecule has 5 nitrogen and oxygen atoms in total. The standard InChI is InChI=1S/C37H79IO5Si3/c1-18-23-32(42-46(19-2,20-3)21-4)26-30(5)27-34(40-29-39-13)31(6)35(43-45(16,17)37(10,11)12)28-33(24-22-25-38)41-44(14,15)36(7,8)9/h27,31-35H,18-26,28-29H2,1-17H3/b30-27+/t31-,32-,33-,34-,35+/m1/s1. The molecule has 0 saturated carbocycles. The van der Waals surface area contributed by atoms with E-state index in [2.05, 4.69) is 138 Å². The molecule has 0 heterocycles. The van der Waals surface area contributed by atoms with E-state index in [9.17, 15) is 0 Å². The number of hydrogen-bond donors (Lipinski definition) is 0. The Labute approximate surface area is 305 Å². The predicted octanol–water partition coefficient (Wildman–Crippen LogP) is 12.5. The zero-order chi connectivity index (χ0) is 36.0. The maximum absolute atomic E-state index is 7.35. The molecule has 0 rings (SSSR count). The molecule has 0 aliphatic heterocycles. The molecule has 0 aromatic carbocycles. The molecule has 0 radical (unpaired) electrons. The SMILES string of the molecule is CCC[C@H](C/C(C)=C/[C@@H](OCOC)[C@@H](C)[C@H](C[C@@H](CCCI)O[Si](C)(C)C(C)(C)C)O[Si](C)(C)C(C)(C)C)O[Si](CC)(CC)CC. The van der Waals surface area contributed by atoms with Gasteiger partial charge in [0.05, 0.1) is 12.2 Å². The summed E-state index contributed by atoms with van der Waals surface area (Å²) in [5, 5.41) is 0.266. The molecule has 276 valence electrons. The van der Waals surface area contributed by atoms with Crippen LogP contribution in [0, 0.1) is 5.92 Å². The van der Waals surface area contributed by atoms with Crippen molar-refractivity contribution in [2.75, 3.05) is 18.3 Å². The molecule has 5 atom stereocenters. The molecule has 0 unspecified atom stereocenters. The van der Waals surface area contributed by atoms with E-state index in [0.717, 1.165) is 43.0 Å². The fraction of sp³-hybridized carbons (Fsp3) is 0.946. The summed E-state index contributed by atoms with van der Waals surface area (Å²) in [4.78, 5) is 0. The summed E-state index contributed by atoms with van der Waals surface area (Å²) in [6.45, 7) is 37.7. The second kappa shape index (κ2) is 21.3. The third-order valence-corrected chi connectivity index (χ3v) is 25.6. The Morgan fingerprint density at radius 3 is 1.74 bits per heavy atom. The highest BCUT2D eigenvalue weighted by Crippen LogP contribution is 2.42. The molecular formula is C37H79IO5Si3. The Balaban J connectivity index is 6.66. The molecule has 0 aromatic rings. The maximum Gasteiger partial charge on any atom is 0.192 e. The molecule has 0 aromatic heterocycles. The number of alkyl halides is 1. The number of hydrogen-bond acceptors (Lipinski definition) is 5. The van der Waals surface area contributed by atoms with Crippen molar-refractivity contribution in [2.24, 2.45) is 5.92 Å². The van der Waals surface area contributed by atoms with Gasteiger partial charge >= 0.3 is 0 Å². The van der Waals surface area contributed by atoms with E-state index in [4.69, 9.17) is 22.8 Å². The van der Waals surface area contributed by atoms with Gasteiger partial charge in [0.15, 0.2) is 25.0 Å². The van der Waals surface area contributed by atoms with E-state index in [1.54, 1.807) is 7.11 Å². The average molecular weight is 815 g/mol. The lowest BCUT2D eigenvalue weighted by atomic mass is 9.91. The Kier molecular flexibility index (Phi) is 21.8. The van der Waals surface area contributed by atoms with Gasteiger partial charge in [0.2, 0.25) is 0 Å². The minimum absolute atomic E-state index is 0.0128. The number of methoxy groups -OCH3 is 1. The number of ether oxygens (including phenoxy) is 2. The fourth-order valence-corrected chi connectivity index (χ4v) is 11.8. The molecular weight excluding hydrogens is 736 g/mol. The maximum atomic E-state index is 7.35. The second-order valence-corrected chi connectivity index (χ2v) is 32.2. The second-order valence-electron chi connectivity index (χ2n) is 16.9. The van der Waals surface area contributed by atoms with Gasteiger partial charge in [0, 0.05) is 25.2 Å². The van der Waals surface area contributed by atoms with Gasteiger partial charge in [-0.15, -0.1) is 0 Å². The summed E-state index contributed by atoms with van der Waals surface area (Å²) in [5.74, 6) is 0.130. The topological polar surface area (TPSA) is 46.2 Å². The molecule has 0 aliphatic rings. The van der Waals surface area contributed by atoms with E-state index in [1.807, 2.05) is 0 Å². The van der Waals surface area contributed by atoms with Crippen molar-refractivity contribution in [3.63, 3.8) is 0 Å². The van der Waals surface area contributed by atoms with Crippen molar-refractivity contribution in [1.82, 2.24) is 0 Å². The van der Waals surface area contributed by atoms with Gasteiger partial charge in [-0.2, -0.15) is 0 Å². The van der Waals surface area contributed by atoms with Crippen LogP contribution < -0.4 is 0 Å². The molecule has 9 heteroatoms. The van der Waals surface area contributed by atoms with E-state index in [-0.39, 0.29) is 47.2 Å². The lowest BCUT2D eigenvalue weighted by Crippen LogP contribution is -2.50. The first-order valence-electron chi connectivity index (χ1n) is 18.5. The van der Waals surface area contributed by atoms with E-state index in [0.29, 0.717) is 0 Å². The van der Waals surface area contributed by atoms with Crippen molar-refractivity contribution in [1.29, 1.82) is 0 Å². The Bertz CT molecular complexity index is 841. The van der Waals surface area contributed by atoms with Crippen LogP contribution in [0.4, 0.5) is 0 Å². The monoisotopic (exact) mass is 814 g/mol. The van der Waals surface area contributed by atoms with Crippen LogP contribution in [-0.2, 0) is 22.8 Å². The quantitative estimate of drug-likeness (QED) is 0.0319. The highest BCUT2D eigenvalue weighted by molar-refractivity contribution is 14.1. The van der Waals surface area contributed by atoms with Crippen LogP contribution in [0.15, 0.2) is 11.6 Å². The summed E-state index contributed by atoms with van der Waals surface area (Å²) in [5.41, 5.74) is 1.34. The summed E-state index contributed by atoms with van der Waals surface area (Å²) in [7, 11) is -4.04. The van der Waals surface area contributed by atoms with Crippen LogP contribution in [0.2, 0.25) is 54.4 Å². The van der Waals surface area contributed by atoms with Crippen LogP contribution >= 0.6 is 22.6 Å². The summed E-state index contributed by atoms with van der Waals surface area (Å²) < 4.78 is 34.7. The first-order valence-corrected chi connectivity index (χ1v) is 28.3. The van der Waals surface area contributed by atoms with Gasteiger partial charge in [-0.1, -0.05) is 117 Å². The van der Waals surface area contributed by atoms with Crippen molar-refractivity contribution < 1.29 is 22.8 Å². The van der Waals surface area contributed by atoms with Crippen molar-refractivity contribution in [3.8, 4) is 0 Å². The van der Waals surface area contributed by atoms with Gasteiger partial charge in [-0.3, -0.25) is 0 Å². The lowest BCUT2D eigenvalue weighted by Gasteiger charge is -2.44. The van der Waals surface area contributed by atoms with Crippen LogP contribution in [0.25, 0.3) is 0 Å². The van der Waals surface area contributed by atoms with Gasteiger partial charge < -0.3 is 22.8 Å². The molecule has 0 fully saturated rings. The summed E-state index contributed by atoms with van der Waals surface area (Å²) >= 11 is 2.50. The van der Waals surface area contributed by atoms with Crippen LogP contribution in [0.1, 0.15) is 122 Å². The van der Waals surface area contributed by atoms with Crippen molar-refractivity contribution in [3.05, 3.63) is 11.6 Å². The highest BCUT2D eigenvalue weighted by atomic mass is 127. The minimum Gasteiger partial charge on any atom is -0.414 e. The van der Waals surface area contributed by atoms with E-state index in [1.165, 1.54) is 23.7 Å². The van der Waals surface area contributed by atoms with E-state index >= 15 is 0 Å². The Morgan fingerprint density at radius 1 is 0.783 bits per heavy atom. The van der Waals surface area contributed by atoms with Gasteiger partial charge in [-0.25, -0.2) is 0 Å². The minimum atomic E-state index is -2.09. The van der Waals surface area contributed by atoms with Crippen molar-refractivity contribution >= 4 is 47.5 Å². The van der Waals surface area contributed by atoms with Crippen LogP contribution in [-0.4, -0.2) is 67.7 Å². The molecule has 0 N–H and O–H groups in total. The third-order valence-electron chi connectivity index (χ3n) is 11.1. The Morgan fingerprint density at radius 2 is 1.30 bits per heavy atom. The van der Waals surface area contributed by atoms with Crippen molar-refractivity contribution in [2.45, 2.75) is 200 Å². The molecule has 0 aliphatic carbocycles. The Hall–Kier alpha value is 0.921. The highest BCUT2D eigenvalue weighted by Gasteiger charge is 2.44. The number of rotatable bonds is 24.